The molecule has 5 rings (SSSR count). The number of nitrogens with zero attached hydrogens (tertiary/aromatic N) is 1. The van der Waals surface area contributed by atoms with E-state index in [2.05, 4.69) is 29.2 Å². The first-order valence-corrected chi connectivity index (χ1v) is 9.41. The minimum absolute atomic E-state index is 0.217. The van der Waals surface area contributed by atoms with E-state index in [-0.39, 0.29) is 5.75 Å². The molecule has 1 heterocycles. The smallest absolute Gasteiger partial charge is 0.134 e. The lowest BCUT2D eigenvalue weighted by Gasteiger charge is -2.31. The van der Waals surface area contributed by atoms with E-state index in [1.54, 1.807) is 0 Å². The maximum Gasteiger partial charge on any atom is 0.134 e. The van der Waals surface area contributed by atoms with Crippen LogP contribution >= 0.6 is 11.6 Å². The summed E-state index contributed by atoms with van der Waals surface area (Å²) in [5, 5.41) is 10.7. The molecule has 2 unspecified atom stereocenters. The molecule has 2 aromatic carbocycles. The molecule has 1 saturated carbocycles. The normalized spacial score (nSPS) is 25.7. The van der Waals surface area contributed by atoms with Crippen molar-refractivity contribution < 1.29 is 5.11 Å². The number of halogens is 1. The van der Waals surface area contributed by atoms with Gasteiger partial charge in [-0.15, -0.1) is 0 Å². The molecule has 1 aliphatic heterocycles. The van der Waals surface area contributed by atoms with Gasteiger partial charge in [0.05, 0.1) is 5.02 Å². The molecule has 1 N–H and O–H groups in total. The van der Waals surface area contributed by atoms with Crippen LogP contribution in [0.3, 0.4) is 0 Å². The summed E-state index contributed by atoms with van der Waals surface area (Å²) in [5.41, 5.74) is 5.50. The van der Waals surface area contributed by atoms with Crippen LogP contribution in [0, 0.1) is 5.92 Å². The monoisotopic (exact) mass is 339 g/mol. The summed E-state index contributed by atoms with van der Waals surface area (Å²) >= 11 is 6.21. The van der Waals surface area contributed by atoms with Crippen LogP contribution in [0.5, 0.6) is 5.75 Å². The van der Waals surface area contributed by atoms with Crippen molar-refractivity contribution in [2.45, 2.75) is 37.6 Å². The Morgan fingerprint density at radius 2 is 1.92 bits per heavy atom. The van der Waals surface area contributed by atoms with Gasteiger partial charge in [-0.25, -0.2) is 0 Å². The number of benzene rings is 2. The quantitative estimate of drug-likeness (QED) is 0.878. The van der Waals surface area contributed by atoms with Crippen LogP contribution in [0.2, 0.25) is 5.02 Å². The summed E-state index contributed by atoms with van der Waals surface area (Å²) < 4.78 is 0. The minimum Gasteiger partial charge on any atom is -0.506 e. The van der Waals surface area contributed by atoms with Crippen LogP contribution in [-0.4, -0.2) is 29.1 Å². The Morgan fingerprint density at radius 3 is 2.75 bits per heavy atom. The van der Waals surface area contributed by atoms with E-state index < -0.39 is 0 Å². The third-order valence-electron chi connectivity index (χ3n) is 6.07. The van der Waals surface area contributed by atoms with Gasteiger partial charge in [0.15, 0.2) is 0 Å². The van der Waals surface area contributed by atoms with E-state index in [0.29, 0.717) is 17.0 Å². The van der Waals surface area contributed by atoms with Gasteiger partial charge >= 0.3 is 0 Å². The highest BCUT2D eigenvalue weighted by molar-refractivity contribution is 6.32. The molecule has 0 bridgehead atoms. The Bertz CT molecular complexity index is 798. The number of aromatic hydroxyl groups is 1. The maximum absolute atomic E-state index is 10.2. The molecule has 3 heteroatoms. The van der Waals surface area contributed by atoms with Crippen LogP contribution in [0.15, 0.2) is 36.4 Å². The second kappa shape index (κ2) is 5.50. The zero-order valence-electron chi connectivity index (χ0n) is 13.7. The lowest BCUT2D eigenvalue weighted by molar-refractivity contribution is 0.189. The van der Waals surface area contributed by atoms with Gasteiger partial charge in [0.1, 0.15) is 5.75 Å². The highest BCUT2D eigenvalue weighted by Crippen LogP contribution is 2.46. The summed E-state index contributed by atoms with van der Waals surface area (Å²) in [5.74, 6) is 1.47. The van der Waals surface area contributed by atoms with E-state index in [4.69, 9.17) is 11.6 Å². The van der Waals surface area contributed by atoms with Crippen molar-refractivity contribution in [3.05, 3.63) is 63.7 Å². The number of fused-ring (bicyclic) bond motifs is 5. The van der Waals surface area contributed by atoms with Gasteiger partial charge in [-0.2, -0.15) is 0 Å². The van der Waals surface area contributed by atoms with Crippen LogP contribution < -0.4 is 0 Å². The molecular weight excluding hydrogens is 318 g/mol. The van der Waals surface area contributed by atoms with E-state index in [1.807, 2.05) is 12.1 Å². The molecule has 0 saturated heterocycles. The Balaban J connectivity index is 1.64. The van der Waals surface area contributed by atoms with Crippen molar-refractivity contribution in [1.82, 2.24) is 4.90 Å². The summed E-state index contributed by atoms with van der Waals surface area (Å²) in [4.78, 5) is 2.72. The molecule has 2 aromatic rings. The maximum atomic E-state index is 10.2. The minimum atomic E-state index is 0.217. The number of phenolic OH excluding ortho intramolecular Hbond substituents is 1. The van der Waals surface area contributed by atoms with Gasteiger partial charge < -0.3 is 5.11 Å². The third-order valence-corrected chi connectivity index (χ3v) is 6.38. The van der Waals surface area contributed by atoms with E-state index in [0.717, 1.165) is 25.3 Å². The van der Waals surface area contributed by atoms with Crippen LogP contribution in [0.1, 0.15) is 41.0 Å². The number of hydrogen-bond donors (Lipinski definition) is 1. The molecule has 0 aromatic heterocycles. The fourth-order valence-corrected chi connectivity index (χ4v) is 4.89. The number of rotatable bonds is 2. The fraction of sp³-hybridized carbons (Fsp3) is 0.429. The predicted octanol–water partition coefficient (Wildman–Crippen LogP) is 4.37. The second-order valence-corrected chi connectivity index (χ2v) is 8.05. The zero-order chi connectivity index (χ0) is 16.3. The zero-order valence-corrected chi connectivity index (χ0v) is 14.5. The molecule has 3 aliphatic rings. The largest absolute Gasteiger partial charge is 0.506 e. The second-order valence-electron chi connectivity index (χ2n) is 7.64. The van der Waals surface area contributed by atoms with Crippen LogP contribution in [-0.2, 0) is 12.8 Å². The van der Waals surface area contributed by atoms with Crippen molar-refractivity contribution in [2.75, 3.05) is 13.1 Å². The van der Waals surface area contributed by atoms with Gasteiger partial charge in [0.2, 0.25) is 0 Å². The van der Waals surface area contributed by atoms with Crippen LogP contribution in [0.4, 0.5) is 0 Å². The van der Waals surface area contributed by atoms with E-state index in [1.165, 1.54) is 41.6 Å². The third kappa shape index (κ3) is 2.35. The summed E-state index contributed by atoms with van der Waals surface area (Å²) in [6.07, 6.45) is 4.93. The molecule has 0 amide bonds. The lowest BCUT2D eigenvalue weighted by atomic mass is 9.87. The van der Waals surface area contributed by atoms with Crippen molar-refractivity contribution in [3.8, 4) is 5.75 Å². The lowest BCUT2D eigenvalue weighted by Crippen LogP contribution is -2.39. The van der Waals surface area contributed by atoms with Crippen molar-refractivity contribution in [3.63, 3.8) is 0 Å². The molecule has 2 nitrogen and oxygen atoms in total. The predicted molar refractivity (Wildman–Crippen MR) is 96.9 cm³/mol. The topological polar surface area (TPSA) is 23.5 Å². The first-order chi connectivity index (χ1) is 11.7. The SMILES string of the molecule is Oc1cc2c(cc1Cl)CCN(CC1CC1)C1Cc3ccccc3C21. The first kappa shape index (κ1) is 14.8. The molecule has 1 fully saturated rings. The summed E-state index contributed by atoms with van der Waals surface area (Å²) in [6, 6.07) is 13.3. The fourth-order valence-electron chi connectivity index (χ4n) is 4.70. The van der Waals surface area contributed by atoms with Gasteiger partial charge in [0.25, 0.3) is 0 Å². The number of phenols is 1. The highest BCUT2D eigenvalue weighted by Gasteiger charge is 2.41. The standard InChI is InChI=1S/C21H22ClNO/c22-18-9-15-7-8-23(12-13-5-6-13)19-10-14-3-1-2-4-16(14)21(19)17(15)11-20(18)24/h1-4,9,11,13,19,21,24H,5-8,10,12H2. The average molecular weight is 340 g/mol. The molecule has 2 atom stereocenters. The van der Waals surface area contributed by atoms with Gasteiger partial charge in [0, 0.05) is 25.0 Å². The average Bonchev–Trinajstić information content (AvgIpc) is 3.33. The van der Waals surface area contributed by atoms with Crippen molar-refractivity contribution >= 4 is 11.6 Å². The molecule has 0 radical (unpaired) electrons. The van der Waals surface area contributed by atoms with Gasteiger partial charge in [-0.3, -0.25) is 4.90 Å². The Labute approximate surface area is 148 Å². The molecule has 124 valence electrons. The Hall–Kier alpha value is -1.51. The first-order valence-electron chi connectivity index (χ1n) is 9.04. The molecule has 24 heavy (non-hydrogen) atoms. The van der Waals surface area contributed by atoms with Gasteiger partial charge in [-0.1, -0.05) is 35.9 Å². The molecular formula is C21H22ClNO. The van der Waals surface area contributed by atoms with E-state index in [9.17, 15) is 5.11 Å². The van der Waals surface area contributed by atoms with Gasteiger partial charge in [-0.05, 0) is 66.0 Å². The molecule has 2 aliphatic carbocycles. The van der Waals surface area contributed by atoms with Crippen molar-refractivity contribution in [2.24, 2.45) is 5.92 Å². The number of hydrogen-bond acceptors (Lipinski definition) is 2. The highest BCUT2D eigenvalue weighted by atomic mass is 35.5. The van der Waals surface area contributed by atoms with Crippen molar-refractivity contribution in [1.29, 1.82) is 0 Å². The summed E-state index contributed by atoms with van der Waals surface area (Å²) in [7, 11) is 0. The Morgan fingerprint density at radius 1 is 1.08 bits per heavy atom. The Kier molecular flexibility index (Phi) is 3.39. The summed E-state index contributed by atoms with van der Waals surface area (Å²) in [6.45, 7) is 2.32. The molecule has 0 spiro atoms. The van der Waals surface area contributed by atoms with E-state index >= 15 is 0 Å². The van der Waals surface area contributed by atoms with Crippen LogP contribution in [0.25, 0.3) is 0 Å².